The summed E-state index contributed by atoms with van der Waals surface area (Å²) < 4.78 is 16.7. The van der Waals surface area contributed by atoms with Gasteiger partial charge in [0.05, 0.1) is 51.1 Å². The highest BCUT2D eigenvalue weighted by Gasteiger charge is 2.50. The molecule has 0 bridgehead atoms. The second-order valence-electron chi connectivity index (χ2n) is 15.2. The third-order valence-corrected chi connectivity index (χ3v) is 9.31. The predicted molar refractivity (Wildman–Crippen MR) is 194 cm³/mol. The first-order valence-corrected chi connectivity index (χ1v) is 18.5. The second-order valence-corrected chi connectivity index (χ2v) is 15.2. The van der Waals surface area contributed by atoms with E-state index in [-0.39, 0.29) is 55.6 Å². The number of aryl methyl sites for hydroxylation is 1. The lowest BCUT2D eigenvalue weighted by Crippen LogP contribution is -2.59. The molecule has 3 atom stereocenters. The van der Waals surface area contributed by atoms with E-state index < -0.39 is 35.4 Å². The third kappa shape index (κ3) is 13.6. The van der Waals surface area contributed by atoms with Crippen molar-refractivity contribution in [2.45, 2.75) is 84.5 Å². The summed E-state index contributed by atoms with van der Waals surface area (Å²) in [5.74, 6) is -1.95. The number of rotatable bonds is 21. The Morgan fingerprint density at radius 1 is 0.889 bits per heavy atom. The molecule has 2 aliphatic rings. The number of nitrogens with zero attached hydrogens (tertiary/aromatic N) is 3. The summed E-state index contributed by atoms with van der Waals surface area (Å²) in [6, 6.07) is 5.47. The van der Waals surface area contributed by atoms with Crippen LogP contribution >= 0.6 is 0 Å². The highest BCUT2D eigenvalue weighted by molar-refractivity contribution is 5.97. The van der Waals surface area contributed by atoms with Gasteiger partial charge in [0.15, 0.2) is 12.3 Å². The molecule has 2 fully saturated rings. The number of nitrogens with one attached hydrogen (secondary N) is 5. The Labute approximate surface area is 315 Å². The number of amides is 4. The molecule has 17 nitrogen and oxygen atoms in total. The normalized spacial score (nSPS) is 18.6. The van der Waals surface area contributed by atoms with Gasteiger partial charge in [0, 0.05) is 18.2 Å². The monoisotopic (exact) mass is 755 g/mol. The average molecular weight is 756 g/mol. The smallest absolute Gasteiger partial charge is 0.311 e. The van der Waals surface area contributed by atoms with E-state index in [4.69, 9.17) is 14.2 Å². The summed E-state index contributed by atoms with van der Waals surface area (Å²) in [6.07, 6.45) is 2.93. The zero-order chi connectivity index (χ0) is 39.3. The van der Waals surface area contributed by atoms with E-state index in [1.165, 1.54) is 0 Å². The lowest BCUT2D eigenvalue weighted by atomic mass is 9.93. The van der Waals surface area contributed by atoms with Crippen molar-refractivity contribution in [3.05, 3.63) is 41.7 Å². The SMILES string of the molecule is CC(C)C[C@H](NC(=O)CNC(=O)C[N+]1(Cc2ccc(OC(=O)CCc3c[nH]nn3)cc2)CCOCC1)C(=O)NCC(=O)N[C@@H](CC(C)C)C(=O)[C@@]1(C)CO1. The van der Waals surface area contributed by atoms with Crippen molar-refractivity contribution in [1.82, 2.24) is 36.7 Å². The summed E-state index contributed by atoms with van der Waals surface area (Å²) in [4.78, 5) is 77.2. The van der Waals surface area contributed by atoms with Crippen LogP contribution in [0.5, 0.6) is 5.75 Å². The van der Waals surface area contributed by atoms with Crippen LogP contribution in [-0.2, 0) is 51.2 Å². The minimum absolute atomic E-state index is 0.0359. The second kappa shape index (κ2) is 19.5. The van der Waals surface area contributed by atoms with Crippen molar-refractivity contribution in [3.63, 3.8) is 0 Å². The Bertz CT molecular complexity index is 1590. The molecule has 17 heteroatoms. The zero-order valence-electron chi connectivity index (χ0n) is 31.9. The number of aromatic nitrogens is 3. The minimum Gasteiger partial charge on any atom is -0.427 e. The molecule has 0 unspecified atom stereocenters. The van der Waals surface area contributed by atoms with Crippen molar-refractivity contribution in [1.29, 1.82) is 0 Å². The number of aromatic amines is 1. The largest absolute Gasteiger partial charge is 0.427 e. The molecule has 0 radical (unpaired) electrons. The quantitative estimate of drug-likeness (QED) is 0.0506. The van der Waals surface area contributed by atoms with Crippen LogP contribution in [0.2, 0.25) is 0 Å². The van der Waals surface area contributed by atoms with E-state index in [2.05, 4.69) is 36.7 Å². The molecule has 296 valence electrons. The number of H-pyrrole nitrogens is 1. The fourth-order valence-electron chi connectivity index (χ4n) is 6.26. The summed E-state index contributed by atoms with van der Waals surface area (Å²) in [5, 5.41) is 20.8. The van der Waals surface area contributed by atoms with Gasteiger partial charge in [-0.3, -0.25) is 33.9 Å². The van der Waals surface area contributed by atoms with Crippen LogP contribution in [0.15, 0.2) is 30.5 Å². The maximum Gasteiger partial charge on any atom is 0.311 e. The van der Waals surface area contributed by atoms with Gasteiger partial charge in [0.25, 0.3) is 5.91 Å². The summed E-state index contributed by atoms with van der Waals surface area (Å²) in [7, 11) is 0. The molecule has 3 heterocycles. The lowest BCUT2D eigenvalue weighted by Gasteiger charge is -2.40. The maximum absolute atomic E-state index is 13.2. The Morgan fingerprint density at radius 3 is 2.09 bits per heavy atom. The standard InChI is InChI=1S/C37H54N8O9/c1-24(2)16-29(35(50)37(5)23-53-37)41-32(47)20-39-36(51)30(17-25(3)4)42-31(46)19-38-33(48)22-45(12-14-52-15-13-45)21-26-6-9-28(10-7-26)54-34(49)11-8-27-18-40-44-43-27/h6-7,9-10,18,24-25,29-30H,8,11-17,19-23H2,1-5H3,(H4-,38,39,40,41,42,43,44,46,47,48,51)/p+1/t29-,30-,37+/m0/s1. The van der Waals surface area contributed by atoms with E-state index in [0.29, 0.717) is 74.6 Å². The van der Waals surface area contributed by atoms with Gasteiger partial charge in [-0.15, -0.1) is 5.10 Å². The molecule has 2 saturated heterocycles. The van der Waals surface area contributed by atoms with Gasteiger partial charge in [-0.05, 0) is 55.9 Å². The number of hydrogen-bond acceptors (Lipinski definition) is 11. The van der Waals surface area contributed by atoms with E-state index in [1.807, 2.05) is 39.8 Å². The zero-order valence-corrected chi connectivity index (χ0v) is 31.9. The molecule has 2 aromatic rings. The van der Waals surface area contributed by atoms with Crippen LogP contribution in [0.25, 0.3) is 0 Å². The Kier molecular flexibility index (Phi) is 15.2. The fraction of sp³-hybridized carbons (Fsp3) is 0.622. The van der Waals surface area contributed by atoms with E-state index in [9.17, 15) is 28.8 Å². The summed E-state index contributed by atoms with van der Waals surface area (Å²) >= 11 is 0. The molecular formula is C37H55N8O9+. The molecule has 5 N–H and O–H groups in total. The van der Waals surface area contributed by atoms with Crippen LogP contribution in [0.4, 0.5) is 0 Å². The maximum atomic E-state index is 13.2. The number of benzene rings is 1. The van der Waals surface area contributed by atoms with Gasteiger partial charge in [-0.1, -0.05) is 32.9 Å². The molecule has 54 heavy (non-hydrogen) atoms. The molecule has 2 aliphatic heterocycles. The fourth-order valence-corrected chi connectivity index (χ4v) is 6.26. The Balaban J connectivity index is 1.25. The molecule has 0 saturated carbocycles. The van der Waals surface area contributed by atoms with Crippen molar-refractivity contribution in [3.8, 4) is 5.75 Å². The number of carbonyl (C=O) groups excluding carboxylic acids is 6. The number of epoxide rings is 1. The number of Topliss-reactive ketones (excluding diaryl/α,β-unsaturated/α-hetero) is 1. The van der Waals surface area contributed by atoms with Crippen LogP contribution in [0.3, 0.4) is 0 Å². The molecule has 4 rings (SSSR count). The Hall–Kier alpha value is -4.74. The van der Waals surface area contributed by atoms with Crippen LogP contribution in [0.1, 0.15) is 65.1 Å². The van der Waals surface area contributed by atoms with Gasteiger partial charge in [-0.25, -0.2) is 0 Å². The van der Waals surface area contributed by atoms with Crippen molar-refractivity contribution in [2.75, 3.05) is 52.5 Å². The van der Waals surface area contributed by atoms with Gasteiger partial charge < -0.3 is 40.0 Å². The minimum atomic E-state index is -0.942. The average Bonchev–Trinajstić information content (AvgIpc) is 3.65. The topological polar surface area (TPSA) is 223 Å². The Morgan fingerprint density at radius 2 is 1.50 bits per heavy atom. The van der Waals surface area contributed by atoms with Gasteiger partial charge in [-0.2, -0.15) is 0 Å². The van der Waals surface area contributed by atoms with Crippen molar-refractivity contribution in [2.24, 2.45) is 11.8 Å². The van der Waals surface area contributed by atoms with E-state index in [1.54, 1.807) is 25.3 Å². The van der Waals surface area contributed by atoms with Gasteiger partial charge in [0.2, 0.25) is 17.7 Å². The number of esters is 1. The van der Waals surface area contributed by atoms with Gasteiger partial charge in [0.1, 0.15) is 37.0 Å². The summed E-state index contributed by atoms with van der Waals surface area (Å²) in [5.41, 5.74) is 0.716. The van der Waals surface area contributed by atoms with Crippen LogP contribution in [-0.4, -0.2) is 126 Å². The summed E-state index contributed by atoms with van der Waals surface area (Å²) in [6.45, 7) is 11.7. The molecule has 4 amide bonds. The highest BCUT2D eigenvalue weighted by Crippen LogP contribution is 2.29. The first-order valence-electron chi connectivity index (χ1n) is 18.5. The van der Waals surface area contributed by atoms with Crippen molar-refractivity contribution < 1.29 is 47.5 Å². The van der Waals surface area contributed by atoms with E-state index >= 15 is 0 Å². The number of quaternary nitrogens is 1. The predicted octanol–water partition coefficient (Wildman–Crippen LogP) is 0.342. The highest BCUT2D eigenvalue weighted by atomic mass is 16.6. The van der Waals surface area contributed by atoms with Crippen LogP contribution in [0, 0.1) is 11.8 Å². The lowest BCUT2D eigenvalue weighted by molar-refractivity contribution is -0.940. The molecule has 0 spiro atoms. The molecular weight excluding hydrogens is 700 g/mol. The first-order chi connectivity index (χ1) is 25.6. The van der Waals surface area contributed by atoms with E-state index in [0.717, 1.165) is 5.56 Å². The van der Waals surface area contributed by atoms with Crippen molar-refractivity contribution >= 4 is 35.4 Å². The molecule has 1 aromatic heterocycles. The number of morpholine rings is 1. The number of ketones is 1. The number of hydrogen-bond donors (Lipinski definition) is 5. The molecule has 1 aromatic carbocycles. The number of carbonyl (C=O) groups is 6. The third-order valence-electron chi connectivity index (χ3n) is 9.31. The van der Waals surface area contributed by atoms with Crippen LogP contribution < -0.4 is 26.0 Å². The van der Waals surface area contributed by atoms with Gasteiger partial charge >= 0.3 is 5.97 Å². The molecule has 0 aliphatic carbocycles. The first kappa shape index (κ1) is 42.0. The number of ether oxygens (including phenoxy) is 3.